The van der Waals surface area contributed by atoms with Gasteiger partial charge in [-0.05, 0) is 43.0 Å². The maximum Gasteiger partial charge on any atom is 0.0451 e. The molecule has 1 fully saturated rings. The Morgan fingerprint density at radius 3 is 2.85 bits per heavy atom. The van der Waals surface area contributed by atoms with Crippen LogP contribution in [0.1, 0.15) is 29.9 Å². The Morgan fingerprint density at radius 2 is 2.23 bits per heavy atom. The van der Waals surface area contributed by atoms with Crippen molar-refractivity contribution in [2.45, 2.75) is 25.3 Å². The second-order valence-electron chi connectivity index (χ2n) is 3.66. The van der Waals surface area contributed by atoms with Crippen molar-refractivity contribution in [2.24, 2.45) is 0 Å². The Labute approximate surface area is 84.1 Å². The Balaban J connectivity index is 2.25. The highest BCUT2D eigenvalue weighted by Gasteiger charge is 2.23. The SMILES string of the molecule is CNCc1cc(C2CC2)ccc1Cl. The molecule has 0 saturated heterocycles. The molecule has 0 amide bonds. The Kier molecular flexibility index (Phi) is 2.56. The fourth-order valence-electron chi connectivity index (χ4n) is 1.59. The summed E-state index contributed by atoms with van der Waals surface area (Å²) in [6.45, 7) is 0.861. The summed E-state index contributed by atoms with van der Waals surface area (Å²) in [5, 5.41) is 4.00. The van der Waals surface area contributed by atoms with Gasteiger partial charge in [-0.25, -0.2) is 0 Å². The monoisotopic (exact) mass is 195 g/mol. The van der Waals surface area contributed by atoms with Gasteiger partial charge in [0.15, 0.2) is 0 Å². The minimum absolute atomic E-state index is 0.813. The predicted octanol–water partition coefficient (Wildman–Crippen LogP) is 2.94. The molecule has 1 aromatic carbocycles. The standard InChI is InChI=1S/C11H14ClN/c1-13-7-10-6-9(8-2-3-8)4-5-11(10)12/h4-6,8,13H,2-3,7H2,1H3. The molecule has 13 heavy (non-hydrogen) atoms. The molecule has 0 spiro atoms. The summed E-state index contributed by atoms with van der Waals surface area (Å²) in [5.41, 5.74) is 2.67. The summed E-state index contributed by atoms with van der Waals surface area (Å²) in [7, 11) is 1.94. The molecule has 0 aliphatic heterocycles. The lowest BCUT2D eigenvalue weighted by Crippen LogP contribution is -2.05. The molecule has 0 heterocycles. The second-order valence-corrected chi connectivity index (χ2v) is 4.06. The number of hydrogen-bond acceptors (Lipinski definition) is 1. The van der Waals surface area contributed by atoms with Crippen LogP contribution in [0.25, 0.3) is 0 Å². The highest BCUT2D eigenvalue weighted by atomic mass is 35.5. The molecule has 1 aliphatic rings. The molecule has 70 valence electrons. The highest BCUT2D eigenvalue weighted by Crippen LogP contribution is 2.40. The van der Waals surface area contributed by atoms with Crippen LogP contribution >= 0.6 is 11.6 Å². The van der Waals surface area contributed by atoms with Crippen molar-refractivity contribution in [1.82, 2.24) is 5.32 Å². The number of nitrogens with one attached hydrogen (secondary N) is 1. The van der Waals surface area contributed by atoms with Crippen molar-refractivity contribution in [1.29, 1.82) is 0 Å². The van der Waals surface area contributed by atoms with Crippen LogP contribution in [-0.4, -0.2) is 7.05 Å². The van der Waals surface area contributed by atoms with Crippen LogP contribution in [0.4, 0.5) is 0 Å². The molecule has 1 aromatic rings. The largest absolute Gasteiger partial charge is 0.316 e. The lowest BCUT2D eigenvalue weighted by atomic mass is 10.1. The van der Waals surface area contributed by atoms with Crippen LogP contribution in [0.2, 0.25) is 5.02 Å². The predicted molar refractivity (Wildman–Crippen MR) is 56.2 cm³/mol. The summed E-state index contributed by atoms with van der Waals surface area (Å²) in [5.74, 6) is 0.813. The summed E-state index contributed by atoms with van der Waals surface area (Å²) in [4.78, 5) is 0. The zero-order valence-electron chi connectivity index (χ0n) is 7.81. The van der Waals surface area contributed by atoms with E-state index in [1.165, 1.54) is 24.0 Å². The van der Waals surface area contributed by atoms with Gasteiger partial charge in [0.25, 0.3) is 0 Å². The van der Waals surface area contributed by atoms with E-state index in [1.54, 1.807) is 0 Å². The van der Waals surface area contributed by atoms with Gasteiger partial charge in [0, 0.05) is 11.6 Å². The fourth-order valence-corrected chi connectivity index (χ4v) is 1.78. The fraction of sp³-hybridized carbons (Fsp3) is 0.455. The second kappa shape index (κ2) is 3.69. The zero-order valence-corrected chi connectivity index (χ0v) is 8.56. The van der Waals surface area contributed by atoms with E-state index in [1.807, 2.05) is 13.1 Å². The molecule has 0 aromatic heterocycles. The van der Waals surface area contributed by atoms with E-state index in [4.69, 9.17) is 11.6 Å². The first-order valence-electron chi connectivity index (χ1n) is 4.74. The van der Waals surface area contributed by atoms with Gasteiger partial charge in [-0.15, -0.1) is 0 Å². The first-order chi connectivity index (χ1) is 6.31. The molecule has 0 unspecified atom stereocenters. The van der Waals surface area contributed by atoms with Crippen molar-refractivity contribution >= 4 is 11.6 Å². The van der Waals surface area contributed by atoms with Crippen molar-refractivity contribution in [3.05, 3.63) is 34.3 Å². The molecule has 0 atom stereocenters. The van der Waals surface area contributed by atoms with Crippen molar-refractivity contribution < 1.29 is 0 Å². The van der Waals surface area contributed by atoms with Gasteiger partial charge >= 0.3 is 0 Å². The zero-order chi connectivity index (χ0) is 9.26. The average molecular weight is 196 g/mol. The number of halogens is 1. The minimum atomic E-state index is 0.813. The lowest BCUT2D eigenvalue weighted by Gasteiger charge is -2.06. The van der Waals surface area contributed by atoms with E-state index in [0.29, 0.717) is 0 Å². The average Bonchev–Trinajstić information content (AvgIpc) is 2.92. The van der Waals surface area contributed by atoms with Gasteiger partial charge in [0.1, 0.15) is 0 Å². The Bertz CT molecular complexity index is 305. The summed E-state index contributed by atoms with van der Waals surface area (Å²) < 4.78 is 0. The molecular weight excluding hydrogens is 182 g/mol. The highest BCUT2D eigenvalue weighted by molar-refractivity contribution is 6.31. The molecule has 1 aliphatic carbocycles. The molecule has 0 radical (unpaired) electrons. The van der Waals surface area contributed by atoms with E-state index < -0.39 is 0 Å². The maximum absolute atomic E-state index is 6.06. The molecule has 0 bridgehead atoms. The summed E-state index contributed by atoms with van der Waals surface area (Å²) >= 11 is 6.06. The van der Waals surface area contributed by atoms with Crippen molar-refractivity contribution in [3.8, 4) is 0 Å². The van der Waals surface area contributed by atoms with Gasteiger partial charge in [0.2, 0.25) is 0 Å². The molecule has 1 N–H and O–H groups in total. The number of benzene rings is 1. The van der Waals surface area contributed by atoms with E-state index in [2.05, 4.69) is 17.4 Å². The van der Waals surface area contributed by atoms with Crippen LogP contribution in [-0.2, 0) is 6.54 Å². The van der Waals surface area contributed by atoms with E-state index in [0.717, 1.165) is 17.5 Å². The first kappa shape index (κ1) is 9.04. The van der Waals surface area contributed by atoms with Gasteiger partial charge in [-0.3, -0.25) is 0 Å². The maximum atomic E-state index is 6.06. The first-order valence-corrected chi connectivity index (χ1v) is 5.12. The topological polar surface area (TPSA) is 12.0 Å². The summed E-state index contributed by atoms with van der Waals surface area (Å²) in [6.07, 6.45) is 2.70. The molecule has 1 saturated carbocycles. The van der Waals surface area contributed by atoms with E-state index in [-0.39, 0.29) is 0 Å². The van der Waals surface area contributed by atoms with Gasteiger partial charge in [0.05, 0.1) is 0 Å². The van der Waals surface area contributed by atoms with Crippen molar-refractivity contribution in [3.63, 3.8) is 0 Å². The van der Waals surface area contributed by atoms with Crippen LogP contribution in [0.5, 0.6) is 0 Å². The normalized spacial score (nSPS) is 16.2. The van der Waals surface area contributed by atoms with Gasteiger partial charge in [-0.1, -0.05) is 23.7 Å². The third kappa shape index (κ3) is 2.04. The molecule has 2 rings (SSSR count). The summed E-state index contributed by atoms with van der Waals surface area (Å²) in [6, 6.07) is 6.40. The third-order valence-corrected chi connectivity index (χ3v) is 2.85. The minimum Gasteiger partial charge on any atom is -0.316 e. The van der Waals surface area contributed by atoms with Crippen LogP contribution in [0.15, 0.2) is 18.2 Å². The van der Waals surface area contributed by atoms with Gasteiger partial charge in [-0.2, -0.15) is 0 Å². The Morgan fingerprint density at radius 1 is 1.46 bits per heavy atom. The number of rotatable bonds is 3. The Hall–Kier alpha value is -0.530. The molecule has 2 heteroatoms. The molecule has 1 nitrogen and oxygen atoms in total. The lowest BCUT2D eigenvalue weighted by molar-refractivity contribution is 0.816. The smallest absolute Gasteiger partial charge is 0.0451 e. The van der Waals surface area contributed by atoms with Crippen LogP contribution < -0.4 is 5.32 Å². The van der Waals surface area contributed by atoms with Crippen LogP contribution in [0, 0.1) is 0 Å². The van der Waals surface area contributed by atoms with Gasteiger partial charge < -0.3 is 5.32 Å². The van der Waals surface area contributed by atoms with E-state index >= 15 is 0 Å². The molecular formula is C11H14ClN. The van der Waals surface area contributed by atoms with E-state index in [9.17, 15) is 0 Å². The quantitative estimate of drug-likeness (QED) is 0.782. The van der Waals surface area contributed by atoms with Crippen molar-refractivity contribution in [2.75, 3.05) is 7.05 Å². The van der Waals surface area contributed by atoms with Crippen LogP contribution in [0.3, 0.4) is 0 Å². The number of hydrogen-bond donors (Lipinski definition) is 1. The third-order valence-electron chi connectivity index (χ3n) is 2.49.